The van der Waals surface area contributed by atoms with Crippen molar-refractivity contribution in [3.8, 4) is 11.3 Å². The van der Waals surface area contributed by atoms with Gasteiger partial charge in [0.05, 0.1) is 10.9 Å². The van der Waals surface area contributed by atoms with Crippen molar-refractivity contribution >= 4 is 10.8 Å². The van der Waals surface area contributed by atoms with Crippen LogP contribution in [0.2, 0.25) is 0 Å². The molecule has 0 amide bonds. The zero-order valence-electron chi connectivity index (χ0n) is 17.5. The normalized spacial score (nSPS) is 15.0. The molecule has 0 radical (unpaired) electrons. The average molecular weight is 359 g/mol. The maximum atomic E-state index is 2.46. The summed E-state index contributed by atoms with van der Waals surface area (Å²) in [6, 6.07) is 11.8. The summed E-state index contributed by atoms with van der Waals surface area (Å²) in [6.45, 7) is 8.98. The Hall–Kier alpha value is -2.15. The molecule has 1 heterocycles. The molecule has 140 valence electrons. The minimum atomic E-state index is 0.891. The van der Waals surface area contributed by atoms with Gasteiger partial charge in [0, 0.05) is 6.07 Å². The molecule has 1 aromatic heterocycles. The lowest BCUT2D eigenvalue weighted by molar-refractivity contribution is -0.659. The summed E-state index contributed by atoms with van der Waals surface area (Å²) in [4.78, 5) is 0. The molecule has 0 atom stereocenters. The molecular weight excluding hydrogens is 326 g/mol. The van der Waals surface area contributed by atoms with E-state index < -0.39 is 0 Å². The first-order chi connectivity index (χ1) is 12.9. The Morgan fingerprint density at radius 3 is 2.41 bits per heavy atom. The van der Waals surface area contributed by atoms with E-state index in [0.29, 0.717) is 0 Å². The van der Waals surface area contributed by atoms with E-state index in [0.717, 1.165) is 5.92 Å². The van der Waals surface area contributed by atoms with Crippen LogP contribution in [0, 0.1) is 33.6 Å². The van der Waals surface area contributed by atoms with Crippen LogP contribution in [-0.2, 0) is 13.5 Å². The molecule has 2 aromatic carbocycles. The lowest BCUT2D eigenvalue weighted by atomic mass is 9.90. The number of aromatic nitrogens is 1. The summed E-state index contributed by atoms with van der Waals surface area (Å²) in [5.41, 5.74) is 9.79. The number of hydrogen-bond donors (Lipinski definition) is 0. The van der Waals surface area contributed by atoms with Crippen LogP contribution in [-0.4, -0.2) is 0 Å². The Balaban J connectivity index is 1.89. The number of rotatable bonds is 3. The van der Waals surface area contributed by atoms with Gasteiger partial charge in [-0.1, -0.05) is 43.4 Å². The van der Waals surface area contributed by atoms with E-state index in [4.69, 9.17) is 0 Å². The lowest BCUT2D eigenvalue weighted by Crippen LogP contribution is -2.31. The second-order valence-electron chi connectivity index (χ2n) is 8.75. The minimum absolute atomic E-state index is 0.891. The fraction of sp³-hybridized carbons (Fsp3) is 0.423. The highest BCUT2D eigenvalue weighted by Crippen LogP contribution is 2.34. The predicted molar refractivity (Wildman–Crippen MR) is 115 cm³/mol. The van der Waals surface area contributed by atoms with E-state index in [2.05, 4.69) is 75.8 Å². The average Bonchev–Trinajstić information content (AvgIpc) is 3.13. The van der Waals surface area contributed by atoms with Crippen molar-refractivity contribution in [1.29, 1.82) is 0 Å². The highest BCUT2D eigenvalue weighted by Gasteiger charge is 2.21. The van der Waals surface area contributed by atoms with Crippen LogP contribution in [0.4, 0.5) is 0 Å². The van der Waals surface area contributed by atoms with E-state index >= 15 is 0 Å². The molecule has 1 fully saturated rings. The maximum Gasteiger partial charge on any atom is 0.220 e. The number of nitrogens with zero attached hydrogens (tertiary/aromatic N) is 1. The molecule has 4 rings (SSSR count). The molecule has 1 aliphatic rings. The van der Waals surface area contributed by atoms with Crippen LogP contribution >= 0.6 is 0 Å². The van der Waals surface area contributed by atoms with Crippen LogP contribution in [0.3, 0.4) is 0 Å². The Kier molecular flexibility index (Phi) is 4.80. The van der Waals surface area contributed by atoms with Crippen molar-refractivity contribution in [1.82, 2.24) is 0 Å². The second kappa shape index (κ2) is 7.11. The van der Waals surface area contributed by atoms with Gasteiger partial charge >= 0.3 is 0 Å². The number of fused-ring (bicyclic) bond motifs is 1. The molecule has 0 bridgehead atoms. The Morgan fingerprint density at radius 2 is 1.67 bits per heavy atom. The summed E-state index contributed by atoms with van der Waals surface area (Å²) in [5.74, 6) is 0.891. The summed E-state index contributed by atoms with van der Waals surface area (Å²) in [7, 11) is 2.17. The molecule has 1 nitrogen and oxygen atoms in total. The van der Waals surface area contributed by atoms with Crippen molar-refractivity contribution in [2.24, 2.45) is 13.0 Å². The third kappa shape index (κ3) is 3.40. The van der Waals surface area contributed by atoms with Gasteiger partial charge in [0.25, 0.3) is 0 Å². The molecule has 0 spiro atoms. The Labute approximate surface area is 164 Å². The molecule has 1 saturated carbocycles. The molecule has 1 heteroatoms. The van der Waals surface area contributed by atoms with Crippen LogP contribution in [0.25, 0.3) is 22.0 Å². The fourth-order valence-corrected chi connectivity index (χ4v) is 4.94. The third-order valence-corrected chi connectivity index (χ3v) is 6.64. The van der Waals surface area contributed by atoms with Gasteiger partial charge < -0.3 is 0 Å². The van der Waals surface area contributed by atoms with Gasteiger partial charge in [-0.25, -0.2) is 4.57 Å². The topological polar surface area (TPSA) is 3.88 Å². The third-order valence-electron chi connectivity index (χ3n) is 6.64. The number of pyridine rings is 1. The summed E-state index contributed by atoms with van der Waals surface area (Å²) >= 11 is 0. The van der Waals surface area contributed by atoms with Crippen LogP contribution in [0.1, 0.15) is 53.5 Å². The molecule has 27 heavy (non-hydrogen) atoms. The molecule has 1 aliphatic carbocycles. The van der Waals surface area contributed by atoms with Gasteiger partial charge in [-0.05, 0) is 79.8 Å². The number of benzene rings is 2. The standard InChI is InChI=1S/C26H32N/c1-17-12-18(2)20(4)24(13-17)26-25-14-19(3)23(15-21-8-6-7-9-21)16-22(25)10-11-27(26)5/h10-14,16,21H,6-9,15H2,1-5H3/q+1. The van der Waals surface area contributed by atoms with Gasteiger partial charge in [-0.3, -0.25) is 0 Å². The van der Waals surface area contributed by atoms with E-state index in [-0.39, 0.29) is 0 Å². The van der Waals surface area contributed by atoms with Gasteiger partial charge in [-0.15, -0.1) is 0 Å². The quantitative estimate of drug-likeness (QED) is 0.484. The smallest absolute Gasteiger partial charge is 0.200 e. The second-order valence-corrected chi connectivity index (χ2v) is 8.75. The molecular formula is C26H32N+. The summed E-state index contributed by atoms with van der Waals surface area (Å²) < 4.78 is 2.29. The Bertz CT molecular complexity index is 1010. The largest absolute Gasteiger partial charge is 0.220 e. The maximum absolute atomic E-state index is 2.46. The number of aryl methyl sites for hydroxylation is 4. The van der Waals surface area contributed by atoms with Gasteiger partial charge in [-0.2, -0.15) is 0 Å². The fourth-order valence-electron chi connectivity index (χ4n) is 4.94. The molecule has 0 saturated heterocycles. The van der Waals surface area contributed by atoms with E-state index in [1.54, 1.807) is 5.56 Å². The zero-order chi connectivity index (χ0) is 19.1. The van der Waals surface area contributed by atoms with Gasteiger partial charge in [0.1, 0.15) is 7.05 Å². The summed E-state index contributed by atoms with van der Waals surface area (Å²) in [5, 5.41) is 2.75. The molecule has 3 aromatic rings. The lowest BCUT2D eigenvalue weighted by Gasteiger charge is -2.15. The monoisotopic (exact) mass is 358 g/mol. The summed E-state index contributed by atoms with van der Waals surface area (Å²) in [6.07, 6.45) is 9.14. The van der Waals surface area contributed by atoms with Crippen molar-refractivity contribution in [2.75, 3.05) is 0 Å². The molecule has 0 aliphatic heterocycles. The molecule has 0 N–H and O–H groups in total. The van der Waals surface area contributed by atoms with Crippen molar-refractivity contribution in [3.63, 3.8) is 0 Å². The van der Waals surface area contributed by atoms with Gasteiger partial charge in [0.15, 0.2) is 6.20 Å². The van der Waals surface area contributed by atoms with Crippen molar-refractivity contribution in [2.45, 2.75) is 59.8 Å². The zero-order valence-corrected chi connectivity index (χ0v) is 17.5. The van der Waals surface area contributed by atoms with E-state index in [1.807, 2.05) is 0 Å². The van der Waals surface area contributed by atoms with Crippen LogP contribution in [0.15, 0.2) is 36.5 Å². The molecule has 0 unspecified atom stereocenters. The predicted octanol–water partition coefficient (Wildman–Crippen LogP) is 6.30. The highest BCUT2D eigenvalue weighted by molar-refractivity contribution is 5.94. The first-order valence-corrected chi connectivity index (χ1v) is 10.4. The van der Waals surface area contributed by atoms with Crippen molar-refractivity contribution in [3.05, 3.63) is 64.3 Å². The van der Waals surface area contributed by atoms with E-state index in [1.165, 1.54) is 76.4 Å². The van der Waals surface area contributed by atoms with Crippen molar-refractivity contribution < 1.29 is 4.57 Å². The SMILES string of the molecule is Cc1cc(C)c(C)c(-c2c3cc(C)c(CC4CCCC4)cc3cc[n+]2C)c1. The van der Waals surface area contributed by atoms with Gasteiger partial charge in [0.2, 0.25) is 5.69 Å². The van der Waals surface area contributed by atoms with E-state index in [9.17, 15) is 0 Å². The first kappa shape index (κ1) is 18.2. The minimum Gasteiger partial charge on any atom is -0.200 e. The highest BCUT2D eigenvalue weighted by atomic mass is 14.9. The number of hydrogen-bond acceptors (Lipinski definition) is 0. The van der Waals surface area contributed by atoms with Crippen LogP contribution < -0.4 is 4.57 Å². The van der Waals surface area contributed by atoms with Crippen LogP contribution in [0.5, 0.6) is 0 Å². The first-order valence-electron chi connectivity index (χ1n) is 10.4. The Morgan fingerprint density at radius 1 is 0.926 bits per heavy atom.